The molecule has 0 bridgehead atoms. The molecule has 6 N–H and O–H groups in total. The normalized spacial score (nSPS) is 23.5. The lowest BCUT2D eigenvalue weighted by Crippen LogP contribution is -2.63. The fourth-order valence-corrected chi connectivity index (χ4v) is 8.27. The van der Waals surface area contributed by atoms with E-state index in [-0.39, 0.29) is 41.7 Å². The number of aromatic nitrogens is 2. The number of carbonyl (C=O) groups is 7. The smallest absolute Gasteiger partial charge is 0.289 e. The maximum Gasteiger partial charge on any atom is 0.289 e. The maximum atomic E-state index is 14.9. The van der Waals surface area contributed by atoms with Crippen LogP contribution in [0, 0.1) is 17.3 Å². The van der Waals surface area contributed by atoms with Gasteiger partial charge >= 0.3 is 0 Å². The largest absolute Gasteiger partial charge is 0.364 e. The van der Waals surface area contributed by atoms with E-state index in [1.54, 1.807) is 4.90 Å². The van der Waals surface area contributed by atoms with Crippen LogP contribution in [-0.2, 0) is 24.0 Å². The van der Waals surface area contributed by atoms with Crippen molar-refractivity contribution < 1.29 is 33.6 Å². The molecule has 4 aliphatic rings. The summed E-state index contributed by atoms with van der Waals surface area (Å²) >= 11 is 0. The standard InChI is InChI=1S/C38H56N8O7/c1-5-11-24(30(47)36(52)42-23-16-17-23)43-33(49)26-20-22-14-9-10-15-25(22)46(26)37(53)31(38(2,3)4)45-34(50)27(21-12-7-6-8-13-21)44-35(51)29-28(32(39)48)40-18-19-41-29/h18-19,21-27,31H,5-17,20H2,1-4H3,(H2,39,48)(H,42,52)(H,43,49)(H,44,51)(H,45,50)/t22?,24-,25?,26+,27-,31+/m0/s1. The zero-order valence-corrected chi connectivity index (χ0v) is 31.4. The molecule has 6 amide bonds. The van der Waals surface area contributed by atoms with E-state index >= 15 is 0 Å². The third-order valence-corrected chi connectivity index (χ3v) is 11.2. The van der Waals surface area contributed by atoms with Crippen molar-refractivity contribution in [2.75, 3.05) is 0 Å². The highest BCUT2D eigenvalue weighted by molar-refractivity contribution is 6.38. The van der Waals surface area contributed by atoms with Crippen molar-refractivity contribution in [2.45, 2.75) is 154 Å². The summed E-state index contributed by atoms with van der Waals surface area (Å²) in [5.74, 6) is -4.74. The number of ketones is 1. The van der Waals surface area contributed by atoms with E-state index in [1.165, 1.54) is 12.4 Å². The van der Waals surface area contributed by atoms with Crippen molar-refractivity contribution in [3.8, 4) is 0 Å². The third-order valence-electron chi connectivity index (χ3n) is 11.2. The second kappa shape index (κ2) is 17.1. The molecule has 1 aromatic rings. The van der Waals surface area contributed by atoms with Gasteiger partial charge in [-0.3, -0.25) is 33.6 Å². The molecule has 0 radical (unpaired) electrons. The number of nitrogens with one attached hydrogen (secondary N) is 4. The quantitative estimate of drug-likeness (QED) is 0.176. The SMILES string of the molecule is CCC[C@H](NC(=O)[C@H]1CC2CCCCC2N1C(=O)[C@@H](NC(=O)[C@@H](NC(=O)c1nccnc1C(N)=O)C1CCCCC1)C(C)(C)C)C(=O)C(=O)NC1CC1. The highest BCUT2D eigenvalue weighted by atomic mass is 16.2. The van der Waals surface area contributed by atoms with E-state index in [1.807, 2.05) is 27.7 Å². The number of nitrogens with two attached hydrogens (primary N) is 1. The Labute approximate surface area is 311 Å². The van der Waals surface area contributed by atoms with Crippen LogP contribution in [0.15, 0.2) is 12.4 Å². The van der Waals surface area contributed by atoms with Gasteiger partial charge in [-0.2, -0.15) is 0 Å². The monoisotopic (exact) mass is 736 g/mol. The van der Waals surface area contributed by atoms with Crippen molar-refractivity contribution >= 4 is 41.2 Å². The predicted molar refractivity (Wildman–Crippen MR) is 194 cm³/mol. The first kappa shape index (κ1) is 39.8. The van der Waals surface area contributed by atoms with Crippen LogP contribution >= 0.6 is 0 Å². The summed E-state index contributed by atoms with van der Waals surface area (Å²) < 4.78 is 0. The molecule has 6 atom stereocenters. The van der Waals surface area contributed by atoms with E-state index in [4.69, 9.17) is 5.73 Å². The summed E-state index contributed by atoms with van der Waals surface area (Å²) in [5.41, 5.74) is 4.03. The molecule has 290 valence electrons. The Morgan fingerprint density at radius 3 is 2.11 bits per heavy atom. The van der Waals surface area contributed by atoms with Crippen LogP contribution in [-0.4, -0.2) is 92.3 Å². The van der Waals surface area contributed by atoms with Crippen LogP contribution in [0.2, 0.25) is 0 Å². The summed E-state index contributed by atoms with van der Waals surface area (Å²) in [6, 6.07) is -4.28. The van der Waals surface area contributed by atoms with Gasteiger partial charge in [-0.15, -0.1) is 0 Å². The fraction of sp³-hybridized carbons (Fsp3) is 0.711. The van der Waals surface area contributed by atoms with Crippen molar-refractivity contribution in [3.05, 3.63) is 23.8 Å². The molecule has 1 aromatic heterocycles. The Balaban J connectivity index is 1.40. The maximum absolute atomic E-state index is 14.9. The van der Waals surface area contributed by atoms with Crippen molar-refractivity contribution in [1.29, 1.82) is 0 Å². The number of fused-ring (bicyclic) bond motifs is 1. The molecule has 15 heteroatoms. The van der Waals surface area contributed by atoms with Crippen molar-refractivity contribution in [1.82, 2.24) is 36.1 Å². The number of primary amides is 1. The molecule has 1 aliphatic heterocycles. The minimum absolute atomic E-state index is 0.00861. The minimum Gasteiger partial charge on any atom is -0.364 e. The van der Waals surface area contributed by atoms with Crippen LogP contribution in [0.4, 0.5) is 0 Å². The van der Waals surface area contributed by atoms with Gasteiger partial charge in [0.25, 0.3) is 17.7 Å². The molecule has 3 aliphatic carbocycles. The number of carbonyl (C=O) groups excluding carboxylic acids is 7. The van der Waals surface area contributed by atoms with Gasteiger partial charge in [-0.25, -0.2) is 9.97 Å². The summed E-state index contributed by atoms with van der Waals surface area (Å²) in [6.07, 6.45) is 12.9. The first-order chi connectivity index (χ1) is 25.2. The number of hydrogen-bond acceptors (Lipinski definition) is 9. The lowest BCUT2D eigenvalue weighted by Gasteiger charge is -2.40. The van der Waals surface area contributed by atoms with Gasteiger partial charge in [0, 0.05) is 24.5 Å². The zero-order valence-electron chi connectivity index (χ0n) is 31.4. The first-order valence-corrected chi connectivity index (χ1v) is 19.4. The highest BCUT2D eigenvalue weighted by Crippen LogP contribution is 2.41. The first-order valence-electron chi connectivity index (χ1n) is 19.4. The van der Waals surface area contributed by atoms with E-state index in [0.717, 1.165) is 51.4 Å². The molecule has 0 spiro atoms. The number of amides is 6. The number of rotatable bonds is 14. The van der Waals surface area contributed by atoms with Crippen LogP contribution in [0.5, 0.6) is 0 Å². The summed E-state index contributed by atoms with van der Waals surface area (Å²) in [7, 11) is 0. The Morgan fingerprint density at radius 2 is 1.49 bits per heavy atom. The number of Topliss-reactive ketones (excluding diaryl/α,β-unsaturated/α-hetero) is 1. The van der Waals surface area contributed by atoms with Crippen LogP contribution in [0.1, 0.15) is 139 Å². The van der Waals surface area contributed by atoms with Crippen LogP contribution < -0.4 is 27.0 Å². The van der Waals surface area contributed by atoms with Gasteiger partial charge in [-0.05, 0) is 68.6 Å². The molecule has 4 fully saturated rings. The van der Waals surface area contributed by atoms with Crippen molar-refractivity contribution in [3.63, 3.8) is 0 Å². The molecular weight excluding hydrogens is 680 g/mol. The van der Waals surface area contributed by atoms with E-state index in [0.29, 0.717) is 32.1 Å². The van der Waals surface area contributed by atoms with Crippen LogP contribution in [0.3, 0.4) is 0 Å². The summed E-state index contributed by atoms with van der Waals surface area (Å²) in [6.45, 7) is 7.37. The Morgan fingerprint density at radius 1 is 0.849 bits per heavy atom. The van der Waals surface area contributed by atoms with Gasteiger partial charge in [0.15, 0.2) is 11.4 Å². The minimum atomic E-state index is -1.08. The van der Waals surface area contributed by atoms with Gasteiger partial charge in [0.1, 0.15) is 18.1 Å². The number of hydrogen-bond donors (Lipinski definition) is 5. The highest BCUT2D eigenvalue weighted by Gasteiger charge is 2.51. The second-order valence-electron chi connectivity index (χ2n) is 16.3. The topological polar surface area (TPSA) is 223 Å². The molecule has 15 nitrogen and oxygen atoms in total. The molecule has 5 rings (SSSR count). The van der Waals surface area contributed by atoms with E-state index in [2.05, 4.69) is 31.2 Å². The second-order valence-corrected chi connectivity index (χ2v) is 16.3. The van der Waals surface area contributed by atoms with Crippen LogP contribution in [0.25, 0.3) is 0 Å². The lowest BCUT2D eigenvalue weighted by atomic mass is 9.81. The fourth-order valence-electron chi connectivity index (χ4n) is 8.27. The van der Waals surface area contributed by atoms with Gasteiger partial charge in [0.2, 0.25) is 23.5 Å². The molecular formula is C38H56N8O7. The molecule has 3 saturated carbocycles. The van der Waals surface area contributed by atoms with Gasteiger partial charge < -0.3 is 31.9 Å². The van der Waals surface area contributed by atoms with Gasteiger partial charge in [0.05, 0.1) is 6.04 Å². The number of likely N-dealkylation sites (tertiary alicyclic amines) is 1. The average Bonchev–Trinajstić information content (AvgIpc) is 3.87. The third kappa shape index (κ3) is 9.58. The predicted octanol–water partition coefficient (Wildman–Crippen LogP) is 2.08. The van der Waals surface area contributed by atoms with E-state index in [9.17, 15) is 33.6 Å². The number of nitrogens with zero attached hydrogens (tertiary/aromatic N) is 3. The average molecular weight is 737 g/mol. The molecule has 1 saturated heterocycles. The Hall–Kier alpha value is -4.43. The van der Waals surface area contributed by atoms with E-state index < -0.39 is 70.8 Å². The van der Waals surface area contributed by atoms with Gasteiger partial charge in [-0.1, -0.05) is 66.2 Å². The summed E-state index contributed by atoms with van der Waals surface area (Å²) in [4.78, 5) is 104. The Kier molecular flexibility index (Phi) is 12.9. The van der Waals surface area contributed by atoms with Crippen molar-refractivity contribution in [2.24, 2.45) is 23.0 Å². The Bertz CT molecular complexity index is 1570. The molecule has 2 unspecified atom stereocenters. The molecule has 53 heavy (non-hydrogen) atoms. The lowest BCUT2D eigenvalue weighted by molar-refractivity contribution is -0.147. The molecule has 2 heterocycles. The zero-order chi connectivity index (χ0) is 38.4. The molecule has 0 aromatic carbocycles. The summed E-state index contributed by atoms with van der Waals surface area (Å²) in [5, 5.41) is 11.3.